The van der Waals surface area contributed by atoms with Crippen molar-refractivity contribution >= 4 is 0 Å². The molecule has 1 heterocycles. The highest BCUT2D eigenvalue weighted by molar-refractivity contribution is 5.30. The van der Waals surface area contributed by atoms with Crippen LogP contribution in [-0.4, -0.2) is 4.98 Å². The van der Waals surface area contributed by atoms with E-state index in [1.807, 2.05) is 0 Å². The second-order valence-electron chi connectivity index (χ2n) is 3.82. The third-order valence-electron chi connectivity index (χ3n) is 2.65. The molecule has 2 N–H and O–H groups in total. The van der Waals surface area contributed by atoms with Crippen molar-refractivity contribution in [3.63, 3.8) is 0 Å². The molecule has 0 saturated heterocycles. The molecular weight excluding hydrogens is 205 g/mol. The van der Waals surface area contributed by atoms with Gasteiger partial charge in [0.15, 0.2) is 0 Å². The van der Waals surface area contributed by atoms with Crippen molar-refractivity contribution in [3.05, 3.63) is 29.6 Å². The van der Waals surface area contributed by atoms with Crippen molar-refractivity contribution in [1.29, 1.82) is 0 Å². The van der Waals surface area contributed by atoms with E-state index in [1.165, 1.54) is 12.3 Å². The van der Waals surface area contributed by atoms with Gasteiger partial charge < -0.3 is 5.73 Å². The van der Waals surface area contributed by atoms with Gasteiger partial charge in [0.1, 0.15) is 0 Å². The van der Waals surface area contributed by atoms with Gasteiger partial charge in [-0.25, -0.2) is 0 Å². The third kappa shape index (κ3) is 2.12. The molecule has 1 aromatic heterocycles. The average Bonchev–Trinajstić information content (AvgIpc) is 2.98. The van der Waals surface area contributed by atoms with Crippen molar-refractivity contribution < 1.29 is 13.2 Å². The van der Waals surface area contributed by atoms with Crippen LogP contribution in [0.3, 0.4) is 0 Å². The number of aromatic nitrogens is 1. The molecule has 1 aromatic rings. The van der Waals surface area contributed by atoms with Crippen LogP contribution in [0.1, 0.15) is 30.0 Å². The van der Waals surface area contributed by atoms with Crippen LogP contribution in [0, 0.1) is 5.92 Å². The molecule has 1 fully saturated rings. The lowest BCUT2D eigenvalue weighted by molar-refractivity contribution is -0.138. The zero-order valence-electron chi connectivity index (χ0n) is 7.96. The van der Waals surface area contributed by atoms with Gasteiger partial charge in [0, 0.05) is 18.4 Å². The predicted octanol–water partition coefficient (Wildman–Crippen LogP) is 2.51. The quantitative estimate of drug-likeness (QED) is 0.824. The van der Waals surface area contributed by atoms with E-state index in [0.717, 1.165) is 19.0 Å². The number of nitrogens with zero attached hydrogens (tertiary/aromatic N) is 1. The maximum absolute atomic E-state index is 12.6. The summed E-state index contributed by atoms with van der Waals surface area (Å²) in [7, 11) is 0. The molecule has 82 valence electrons. The summed E-state index contributed by atoms with van der Waals surface area (Å²) in [5, 5.41) is 0. The Hall–Kier alpha value is -1.10. The van der Waals surface area contributed by atoms with E-state index in [1.54, 1.807) is 0 Å². The van der Waals surface area contributed by atoms with Gasteiger partial charge in [-0.05, 0) is 30.4 Å². The average molecular weight is 216 g/mol. The summed E-state index contributed by atoms with van der Waals surface area (Å²) in [6.45, 7) is 0. The summed E-state index contributed by atoms with van der Waals surface area (Å²) in [5.41, 5.74) is 5.23. The molecule has 0 aromatic carbocycles. The van der Waals surface area contributed by atoms with Gasteiger partial charge in [0.2, 0.25) is 0 Å². The maximum atomic E-state index is 12.6. The van der Waals surface area contributed by atoms with Gasteiger partial charge in [-0.2, -0.15) is 13.2 Å². The summed E-state index contributed by atoms with van der Waals surface area (Å²) in [5.74, 6) is 0.202. The molecule has 0 radical (unpaired) electrons. The summed E-state index contributed by atoms with van der Waals surface area (Å²) < 4.78 is 37.8. The van der Waals surface area contributed by atoms with Gasteiger partial charge in [-0.3, -0.25) is 4.98 Å². The number of rotatable bonds is 2. The lowest BCUT2D eigenvalue weighted by Gasteiger charge is -2.17. The van der Waals surface area contributed by atoms with Crippen LogP contribution in [-0.2, 0) is 6.18 Å². The van der Waals surface area contributed by atoms with Gasteiger partial charge in [0.25, 0.3) is 0 Å². The van der Waals surface area contributed by atoms with E-state index >= 15 is 0 Å². The maximum Gasteiger partial charge on any atom is 0.418 e. The lowest BCUT2D eigenvalue weighted by Crippen LogP contribution is -2.19. The van der Waals surface area contributed by atoms with Crippen LogP contribution < -0.4 is 5.73 Å². The van der Waals surface area contributed by atoms with E-state index in [0.29, 0.717) is 0 Å². The number of hydrogen-bond donors (Lipinski definition) is 1. The standard InChI is InChI=1S/C10H11F3N2/c11-10(12,13)8-5-15-4-3-7(8)9(14)6-1-2-6/h3-6,9H,1-2,14H2/t9-/m1/s1. The first-order valence-corrected chi connectivity index (χ1v) is 4.77. The molecule has 2 rings (SSSR count). The number of pyridine rings is 1. The van der Waals surface area contributed by atoms with Crippen LogP contribution in [0.5, 0.6) is 0 Å². The van der Waals surface area contributed by atoms with Gasteiger partial charge in [-0.1, -0.05) is 0 Å². The monoisotopic (exact) mass is 216 g/mol. The fraction of sp³-hybridized carbons (Fsp3) is 0.500. The lowest BCUT2D eigenvalue weighted by atomic mass is 9.99. The normalized spacial score (nSPS) is 18.9. The molecule has 5 heteroatoms. The van der Waals surface area contributed by atoms with Crippen LogP contribution in [0.25, 0.3) is 0 Å². The van der Waals surface area contributed by atoms with Crippen LogP contribution in [0.4, 0.5) is 13.2 Å². The summed E-state index contributed by atoms with van der Waals surface area (Å²) in [6, 6.07) is 0.857. The Labute approximate surface area is 85.3 Å². The number of hydrogen-bond acceptors (Lipinski definition) is 2. The highest BCUT2D eigenvalue weighted by atomic mass is 19.4. The third-order valence-corrected chi connectivity index (χ3v) is 2.65. The molecule has 0 amide bonds. The predicted molar refractivity (Wildman–Crippen MR) is 48.9 cm³/mol. The van der Waals surface area contributed by atoms with Gasteiger partial charge in [-0.15, -0.1) is 0 Å². The van der Waals surface area contributed by atoms with Crippen LogP contribution in [0.15, 0.2) is 18.5 Å². The van der Waals surface area contributed by atoms with E-state index < -0.39 is 17.8 Å². The van der Waals surface area contributed by atoms with Gasteiger partial charge in [0.05, 0.1) is 5.56 Å². The second kappa shape index (κ2) is 3.48. The molecule has 1 atom stereocenters. The Kier molecular flexibility index (Phi) is 2.42. The van der Waals surface area contributed by atoms with Crippen molar-refractivity contribution in [2.45, 2.75) is 25.1 Å². The highest BCUT2D eigenvalue weighted by Crippen LogP contribution is 2.43. The van der Waals surface area contributed by atoms with Crippen molar-refractivity contribution in [2.75, 3.05) is 0 Å². The first-order chi connectivity index (χ1) is 7.00. The zero-order chi connectivity index (χ0) is 11.1. The molecule has 1 saturated carbocycles. The molecular formula is C10H11F3N2. The largest absolute Gasteiger partial charge is 0.418 e. The summed E-state index contributed by atoms with van der Waals surface area (Å²) >= 11 is 0. The van der Waals surface area contributed by atoms with E-state index in [4.69, 9.17) is 5.73 Å². The Bertz CT molecular complexity index is 358. The SMILES string of the molecule is N[C@@H](c1ccncc1C(F)(F)F)C1CC1. The number of halogens is 3. The highest BCUT2D eigenvalue weighted by Gasteiger charge is 2.38. The van der Waals surface area contributed by atoms with E-state index in [2.05, 4.69) is 4.98 Å². The molecule has 0 unspecified atom stereocenters. The first-order valence-electron chi connectivity index (χ1n) is 4.77. The summed E-state index contributed by atoms with van der Waals surface area (Å²) in [6.07, 6.45) is -0.331. The topological polar surface area (TPSA) is 38.9 Å². The fourth-order valence-electron chi connectivity index (χ4n) is 1.64. The van der Waals surface area contributed by atoms with Crippen LogP contribution >= 0.6 is 0 Å². The molecule has 0 bridgehead atoms. The minimum atomic E-state index is -4.36. The minimum Gasteiger partial charge on any atom is -0.324 e. The molecule has 0 aliphatic heterocycles. The number of alkyl halides is 3. The Balaban J connectivity index is 2.37. The molecule has 0 spiro atoms. The Morgan fingerprint density at radius 1 is 1.40 bits per heavy atom. The van der Waals surface area contributed by atoms with Gasteiger partial charge >= 0.3 is 6.18 Å². The fourth-order valence-corrected chi connectivity index (χ4v) is 1.64. The van der Waals surface area contributed by atoms with Crippen molar-refractivity contribution in [1.82, 2.24) is 4.98 Å². The first kappa shape index (κ1) is 10.4. The minimum absolute atomic E-state index is 0.167. The van der Waals surface area contributed by atoms with Crippen molar-refractivity contribution in [2.24, 2.45) is 11.7 Å². The van der Waals surface area contributed by atoms with E-state index in [-0.39, 0.29) is 11.5 Å². The molecule has 1 aliphatic carbocycles. The zero-order valence-corrected chi connectivity index (χ0v) is 7.96. The molecule has 1 aliphatic rings. The molecule has 15 heavy (non-hydrogen) atoms. The van der Waals surface area contributed by atoms with Crippen molar-refractivity contribution in [3.8, 4) is 0 Å². The smallest absolute Gasteiger partial charge is 0.324 e. The van der Waals surface area contributed by atoms with E-state index in [9.17, 15) is 13.2 Å². The molecule has 2 nitrogen and oxygen atoms in total. The van der Waals surface area contributed by atoms with Crippen LogP contribution in [0.2, 0.25) is 0 Å². The Morgan fingerprint density at radius 3 is 2.60 bits per heavy atom. The number of nitrogens with two attached hydrogens (primary N) is 1. The Morgan fingerprint density at radius 2 is 2.07 bits per heavy atom. The summed E-state index contributed by atoms with van der Waals surface area (Å²) in [4.78, 5) is 3.50. The second-order valence-corrected chi connectivity index (χ2v) is 3.82.